The Morgan fingerprint density at radius 3 is 2.60 bits per heavy atom. The van der Waals surface area contributed by atoms with Crippen LogP contribution in [0.2, 0.25) is 5.28 Å². The van der Waals surface area contributed by atoms with Crippen LogP contribution in [0.4, 0.5) is 5.82 Å². The van der Waals surface area contributed by atoms with Crippen molar-refractivity contribution in [1.82, 2.24) is 19.5 Å². The Balaban J connectivity index is 2.45. The Labute approximate surface area is 124 Å². The first-order chi connectivity index (χ1) is 9.26. The van der Waals surface area contributed by atoms with Gasteiger partial charge in [-0.15, -0.1) is 0 Å². The van der Waals surface area contributed by atoms with Crippen molar-refractivity contribution in [2.45, 2.75) is 53.1 Å². The van der Waals surface area contributed by atoms with Crippen molar-refractivity contribution >= 4 is 28.6 Å². The van der Waals surface area contributed by atoms with Gasteiger partial charge in [0.15, 0.2) is 11.5 Å². The van der Waals surface area contributed by atoms with E-state index in [0.717, 1.165) is 24.3 Å². The molecule has 0 radical (unpaired) electrons. The zero-order valence-electron chi connectivity index (χ0n) is 12.7. The van der Waals surface area contributed by atoms with E-state index in [9.17, 15) is 0 Å². The minimum Gasteiger partial charge on any atom is -0.364 e. The average Bonchev–Trinajstić information content (AvgIpc) is 2.67. The molecule has 110 valence electrons. The first-order valence-corrected chi connectivity index (χ1v) is 7.30. The van der Waals surface area contributed by atoms with Crippen molar-refractivity contribution in [2.24, 2.45) is 5.92 Å². The lowest BCUT2D eigenvalue weighted by atomic mass is 10.1. The van der Waals surface area contributed by atoms with Crippen LogP contribution >= 0.6 is 11.6 Å². The quantitative estimate of drug-likeness (QED) is 0.873. The molecule has 0 aliphatic carbocycles. The summed E-state index contributed by atoms with van der Waals surface area (Å²) in [5.41, 5.74) is 1.46. The van der Waals surface area contributed by atoms with Gasteiger partial charge in [0, 0.05) is 12.1 Å². The topological polar surface area (TPSA) is 55.6 Å². The maximum Gasteiger partial charge on any atom is 0.226 e. The number of hydrogen-bond acceptors (Lipinski definition) is 4. The number of anilines is 1. The van der Waals surface area contributed by atoms with Gasteiger partial charge in [-0.25, -0.2) is 4.98 Å². The fourth-order valence-corrected chi connectivity index (χ4v) is 2.13. The summed E-state index contributed by atoms with van der Waals surface area (Å²) in [5.74, 6) is 1.38. The summed E-state index contributed by atoms with van der Waals surface area (Å²) < 4.78 is 2.10. The van der Waals surface area contributed by atoms with Gasteiger partial charge >= 0.3 is 0 Å². The Kier molecular flexibility index (Phi) is 4.18. The Morgan fingerprint density at radius 2 is 2.00 bits per heavy atom. The molecule has 0 bridgehead atoms. The molecule has 2 rings (SSSR count). The molecule has 5 nitrogen and oxygen atoms in total. The third kappa shape index (κ3) is 3.60. The number of aromatic nitrogens is 4. The minimum atomic E-state index is -0.0994. The van der Waals surface area contributed by atoms with E-state index in [-0.39, 0.29) is 10.8 Å². The highest BCUT2D eigenvalue weighted by Crippen LogP contribution is 2.24. The van der Waals surface area contributed by atoms with Crippen LogP contribution in [0.25, 0.3) is 11.2 Å². The third-order valence-corrected chi connectivity index (χ3v) is 3.05. The summed E-state index contributed by atoms with van der Waals surface area (Å²) >= 11 is 5.98. The van der Waals surface area contributed by atoms with Crippen LogP contribution in [0.1, 0.15) is 41.0 Å². The molecule has 0 fully saturated rings. The highest BCUT2D eigenvalue weighted by atomic mass is 35.5. The molecule has 6 heteroatoms. The predicted octanol–water partition coefficient (Wildman–Crippen LogP) is 3.74. The van der Waals surface area contributed by atoms with E-state index in [2.05, 4.69) is 59.5 Å². The van der Waals surface area contributed by atoms with Crippen LogP contribution in [-0.4, -0.2) is 25.1 Å². The summed E-state index contributed by atoms with van der Waals surface area (Å²) in [6, 6.07) is 0. The van der Waals surface area contributed by atoms with Crippen LogP contribution in [-0.2, 0) is 6.54 Å². The van der Waals surface area contributed by atoms with E-state index in [1.165, 1.54) is 0 Å². The zero-order valence-corrected chi connectivity index (χ0v) is 13.5. The fourth-order valence-electron chi connectivity index (χ4n) is 1.96. The Morgan fingerprint density at radius 1 is 1.30 bits per heavy atom. The number of nitrogens with zero attached hydrogens (tertiary/aromatic N) is 4. The van der Waals surface area contributed by atoms with E-state index in [4.69, 9.17) is 11.6 Å². The molecule has 20 heavy (non-hydrogen) atoms. The van der Waals surface area contributed by atoms with Crippen LogP contribution in [0, 0.1) is 5.92 Å². The molecule has 0 atom stereocenters. The summed E-state index contributed by atoms with van der Waals surface area (Å²) in [5, 5.41) is 3.60. The third-order valence-electron chi connectivity index (χ3n) is 2.89. The number of nitrogens with one attached hydrogen (secondary N) is 1. The molecular formula is C14H22ClN5. The zero-order chi connectivity index (χ0) is 14.9. The summed E-state index contributed by atoms with van der Waals surface area (Å²) in [7, 11) is 0. The number of halogens is 1. The van der Waals surface area contributed by atoms with E-state index >= 15 is 0 Å². The van der Waals surface area contributed by atoms with Gasteiger partial charge in [0.25, 0.3) is 0 Å². The molecule has 0 saturated carbocycles. The largest absolute Gasteiger partial charge is 0.364 e. The molecule has 2 heterocycles. The van der Waals surface area contributed by atoms with Gasteiger partial charge in [-0.2, -0.15) is 9.97 Å². The molecule has 0 amide bonds. The van der Waals surface area contributed by atoms with Crippen LogP contribution < -0.4 is 5.32 Å². The molecule has 0 aliphatic heterocycles. The molecule has 2 aromatic rings. The lowest BCUT2D eigenvalue weighted by Crippen LogP contribution is -2.27. The average molecular weight is 296 g/mol. The van der Waals surface area contributed by atoms with Crippen LogP contribution in [0.5, 0.6) is 0 Å². The van der Waals surface area contributed by atoms with Crippen LogP contribution in [0.3, 0.4) is 0 Å². The van der Waals surface area contributed by atoms with Gasteiger partial charge < -0.3 is 9.88 Å². The second-order valence-corrected chi connectivity index (χ2v) is 6.85. The molecule has 1 N–H and O–H groups in total. The lowest BCUT2D eigenvalue weighted by molar-refractivity contribution is 0.522. The van der Waals surface area contributed by atoms with Crippen molar-refractivity contribution in [3.8, 4) is 0 Å². The first-order valence-electron chi connectivity index (χ1n) is 6.93. The van der Waals surface area contributed by atoms with Crippen molar-refractivity contribution in [2.75, 3.05) is 5.32 Å². The molecule has 0 unspecified atom stereocenters. The SMILES string of the molecule is CC(C)CCn1cnc2nc(Cl)nc(NC(C)(C)C)c21. The van der Waals surface area contributed by atoms with Gasteiger partial charge in [0.2, 0.25) is 5.28 Å². The maximum atomic E-state index is 5.98. The van der Waals surface area contributed by atoms with E-state index in [1.54, 1.807) is 0 Å². The van der Waals surface area contributed by atoms with E-state index in [0.29, 0.717) is 11.6 Å². The van der Waals surface area contributed by atoms with Gasteiger partial charge in [0.05, 0.1) is 6.33 Å². The van der Waals surface area contributed by atoms with Crippen molar-refractivity contribution < 1.29 is 0 Å². The number of fused-ring (bicyclic) bond motifs is 1. The fraction of sp³-hybridized carbons (Fsp3) is 0.643. The van der Waals surface area contributed by atoms with Crippen molar-refractivity contribution in [3.63, 3.8) is 0 Å². The minimum absolute atomic E-state index is 0.0994. The maximum absolute atomic E-state index is 5.98. The van der Waals surface area contributed by atoms with E-state index in [1.807, 2.05) is 6.33 Å². The number of aryl methyl sites for hydroxylation is 1. The lowest BCUT2D eigenvalue weighted by Gasteiger charge is -2.22. The normalized spacial score (nSPS) is 12.3. The molecule has 0 saturated heterocycles. The molecule has 0 aromatic carbocycles. The smallest absolute Gasteiger partial charge is 0.226 e. The van der Waals surface area contributed by atoms with Gasteiger partial charge in [-0.3, -0.25) is 0 Å². The van der Waals surface area contributed by atoms with Gasteiger partial charge in [-0.1, -0.05) is 13.8 Å². The second-order valence-electron chi connectivity index (χ2n) is 6.51. The summed E-state index contributed by atoms with van der Waals surface area (Å²) in [6.45, 7) is 11.6. The summed E-state index contributed by atoms with van der Waals surface area (Å²) in [4.78, 5) is 12.9. The summed E-state index contributed by atoms with van der Waals surface area (Å²) in [6.07, 6.45) is 2.90. The highest BCUT2D eigenvalue weighted by molar-refractivity contribution is 6.28. The van der Waals surface area contributed by atoms with Gasteiger partial charge in [-0.05, 0) is 44.7 Å². The molecule has 2 aromatic heterocycles. The van der Waals surface area contributed by atoms with Crippen LogP contribution in [0.15, 0.2) is 6.33 Å². The van der Waals surface area contributed by atoms with E-state index < -0.39 is 0 Å². The molecule has 0 aliphatic rings. The number of hydrogen-bond donors (Lipinski definition) is 1. The van der Waals surface area contributed by atoms with Gasteiger partial charge in [0.1, 0.15) is 5.52 Å². The first kappa shape index (κ1) is 15.0. The monoisotopic (exact) mass is 295 g/mol. The number of rotatable bonds is 4. The second kappa shape index (κ2) is 5.56. The Hall–Kier alpha value is -1.36. The predicted molar refractivity (Wildman–Crippen MR) is 83.2 cm³/mol. The molecular weight excluding hydrogens is 274 g/mol. The van der Waals surface area contributed by atoms with Crippen molar-refractivity contribution in [3.05, 3.63) is 11.6 Å². The standard InChI is InChI=1S/C14H22ClN5/c1-9(2)6-7-20-8-16-11-10(20)12(18-13(15)17-11)19-14(3,4)5/h8-9H,6-7H2,1-5H3,(H,17,18,19). The molecule has 0 spiro atoms. The highest BCUT2D eigenvalue weighted by Gasteiger charge is 2.18. The van der Waals surface area contributed by atoms with Crippen molar-refractivity contribution in [1.29, 1.82) is 0 Å². The number of imidazole rings is 1. The Bertz CT molecular complexity index is 597.